The molecular formula is C23H17FN2. The molecule has 0 bridgehead atoms. The molecule has 0 spiro atoms. The van der Waals surface area contributed by atoms with Crippen molar-refractivity contribution in [3.63, 3.8) is 0 Å². The number of rotatable bonds is 2. The lowest BCUT2D eigenvalue weighted by molar-refractivity contribution is 0.629. The van der Waals surface area contributed by atoms with Gasteiger partial charge in [0, 0.05) is 17.6 Å². The molecule has 3 aromatic carbocycles. The molecule has 1 aliphatic rings. The summed E-state index contributed by atoms with van der Waals surface area (Å²) in [5.41, 5.74) is 5.91. The molecule has 1 aliphatic heterocycles. The van der Waals surface area contributed by atoms with Gasteiger partial charge >= 0.3 is 0 Å². The average molecular weight is 340 g/mol. The maximum atomic E-state index is 13.4. The standard InChI is InChI=1S/C23H17FN2/c24-18-10-11-21-17(15-18)9-12-23(25-21)26-14-13-20-19(7-4-8-22(20)26)16-5-2-1-3-6-16/h1-12,15H,13-14H2. The second-order valence-corrected chi connectivity index (χ2v) is 6.58. The van der Waals surface area contributed by atoms with Crippen molar-refractivity contribution in [2.24, 2.45) is 0 Å². The van der Waals surface area contributed by atoms with Gasteiger partial charge in [-0.15, -0.1) is 0 Å². The van der Waals surface area contributed by atoms with Gasteiger partial charge in [-0.25, -0.2) is 9.37 Å². The Morgan fingerprint density at radius 1 is 0.846 bits per heavy atom. The summed E-state index contributed by atoms with van der Waals surface area (Å²) in [5.74, 6) is 0.680. The first-order valence-electron chi connectivity index (χ1n) is 8.81. The molecule has 4 aromatic rings. The number of aromatic nitrogens is 1. The monoisotopic (exact) mass is 340 g/mol. The Morgan fingerprint density at radius 2 is 1.73 bits per heavy atom. The normalized spacial score (nSPS) is 13.2. The Kier molecular flexibility index (Phi) is 3.45. The summed E-state index contributed by atoms with van der Waals surface area (Å²) in [5, 5.41) is 0.825. The third-order valence-electron chi connectivity index (χ3n) is 5.03. The molecule has 0 atom stereocenters. The topological polar surface area (TPSA) is 16.1 Å². The number of fused-ring (bicyclic) bond motifs is 2. The van der Waals surface area contributed by atoms with E-state index >= 15 is 0 Å². The smallest absolute Gasteiger partial charge is 0.133 e. The maximum Gasteiger partial charge on any atom is 0.133 e. The SMILES string of the molecule is Fc1ccc2nc(N3CCc4c(-c5ccccc5)cccc43)ccc2c1. The largest absolute Gasteiger partial charge is 0.326 e. The number of hydrogen-bond donors (Lipinski definition) is 0. The maximum absolute atomic E-state index is 13.4. The highest BCUT2D eigenvalue weighted by Crippen LogP contribution is 2.39. The average Bonchev–Trinajstić information content (AvgIpc) is 3.12. The molecule has 0 N–H and O–H groups in total. The molecular weight excluding hydrogens is 323 g/mol. The van der Waals surface area contributed by atoms with Crippen LogP contribution in [0.3, 0.4) is 0 Å². The van der Waals surface area contributed by atoms with Gasteiger partial charge < -0.3 is 4.90 Å². The molecule has 0 fully saturated rings. The van der Waals surface area contributed by atoms with E-state index in [0.717, 1.165) is 29.7 Å². The minimum absolute atomic E-state index is 0.230. The van der Waals surface area contributed by atoms with Crippen LogP contribution >= 0.6 is 0 Å². The number of nitrogens with zero attached hydrogens (tertiary/aromatic N) is 2. The van der Waals surface area contributed by atoms with Crippen LogP contribution in [0.5, 0.6) is 0 Å². The van der Waals surface area contributed by atoms with Gasteiger partial charge in [0.1, 0.15) is 11.6 Å². The Labute approximate surface area is 151 Å². The molecule has 2 nitrogen and oxygen atoms in total. The van der Waals surface area contributed by atoms with Gasteiger partial charge in [0.05, 0.1) is 5.52 Å². The summed E-state index contributed by atoms with van der Waals surface area (Å²) in [6.07, 6.45) is 0.990. The van der Waals surface area contributed by atoms with Crippen LogP contribution in [0.4, 0.5) is 15.9 Å². The molecule has 0 saturated heterocycles. The van der Waals surface area contributed by atoms with Crippen molar-refractivity contribution in [3.8, 4) is 11.1 Å². The summed E-state index contributed by atoms with van der Waals surface area (Å²) in [6, 6.07) is 25.6. The summed E-state index contributed by atoms with van der Waals surface area (Å²) in [7, 11) is 0. The molecule has 1 aromatic heterocycles. The van der Waals surface area contributed by atoms with Crippen LogP contribution in [0.2, 0.25) is 0 Å². The van der Waals surface area contributed by atoms with E-state index in [-0.39, 0.29) is 5.82 Å². The Morgan fingerprint density at radius 3 is 2.62 bits per heavy atom. The summed E-state index contributed by atoms with van der Waals surface area (Å²) < 4.78 is 13.4. The van der Waals surface area contributed by atoms with Crippen LogP contribution in [0.1, 0.15) is 5.56 Å². The van der Waals surface area contributed by atoms with Crippen LogP contribution in [-0.4, -0.2) is 11.5 Å². The summed E-state index contributed by atoms with van der Waals surface area (Å²) >= 11 is 0. The van der Waals surface area contributed by atoms with E-state index in [2.05, 4.69) is 47.4 Å². The van der Waals surface area contributed by atoms with Gasteiger partial charge in [0.15, 0.2) is 0 Å². The Bertz CT molecular complexity index is 1110. The minimum atomic E-state index is -0.230. The predicted molar refractivity (Wildman–Crippen MR) is 104 cm³/mol. The van der Waals surface area contributed by atoms with Crippen LogP contribution in [0.15, 0.2) is 78.9 Å². The highest BCUT2D eigenvalue weighted by atomic mass is 19.1. The molecule has 126 valence electrons. The first kappa shape index (κ1) is 15.1. The minimum Gasteiger partial charge on any atom is -0.326 e. The fourth-order valence-electron chi connectivity index (χ4n) is 3.80. The van der Waals surface area contributed by atoms with E-state index in [9.17, 15) is 4.39 Å². The van der Waals surface area contributed by atoms with Gasteiger partial charge in [0.25, 0.3) is 0 Å². The van der Waals surface area contributed by atoms with E-state index in [1.807, 2.05) is 18.2 Å². The predicted octanol–water partition coefficient (Wildman–Crippen LogP) is 5.74. The second kappa shape index (κ2) is 5.95. The van der Waals surface area contributed by atoms with Crippen LogP contribution in [0, 0.1) is 5.82 Å². The summed E-state index contributed by atoms with van der Waals surface area (Å²) in [4.78, 5) is 7.01. The van der Waals surface area contributed by atoms with Crippen molar-refractivity contribution in [2.45, 2.75) is 6.42 Å². The molecule has 0 amide bonds. The lowest BCUT2D eigenvalue weighted by Gasteiger charge is -2.19. The van der Waals surface area contributed by atoms with Gasteiger partial charge in [0.2, 0.25) is 0 Å². The zero-order chi connectivity index (χ0) is 17.5. The zero-order valence-corrected chi connectivity index (χ0v) is 14.2. The highest BCUT2D eigenvalue weighted by Gasteiger charge is 2.24. The van der Waals surface area contributed by atoms with E-state index in [4.69, 9.17) is 4.98 Å². The molecule has 0 radical (unpaired) electrons. The third kappa shape index (κ3) is 2.44. The number of anilines is 2. The molecule has 3 heteroatoms. The fourth-order valence-corrected chi connectivity index (χ4v) is 3.80. The number of benzene rings is 3. The van der Waals surface area contributed by atoms with Crippen molar-refractivity contribution in [3.05, 3.63) is 90.2 Å². The Balaban J connectivity index is 1.59. The highest BCUT2D eigenvalue weighted by molar-refractivity contribution is 5.84. The Hall–Kier alpha value is -3.20. The molecule has 0 unspecified atom stereocenters. The quantitative estimate of drug-likeness (QED) is 0.463. The van der Waals surface area contributed by atoms with E-state index in [1.165, 1.54) is 34.5 Å². The molecule has 26 heavy (non-hydrogen) atoms. The van der Waals surface area contributed by atoms with Gasteiger partial charge in [-0.05, 0) is 59.5 Å². The first-order valence-corrected chi connectivity index (χ1v) is 8.81. The van der Waals surface area contributed by atoms with Crippen molar-refractivity contribution in [1.82, 2.24) is 4.98 Å². The zero-order valence-electron chi connectivity index (χ0n) is 14.2. The van der Waals surface area contributed by atoms with Crippen LogP contribution in [0.25, 0.3) is 22.0 Å². The third-order valence-corrected chi connectivity index (χ3v) is 5.03. The van der Waals surface area contributed by atoms with Crippen molar-refractivity contribution in [2.75, 3.05) is 11.4 Å². The second-order valence-electron chi connectivity index (χ2n) is 6.58. The van der Waals surface area contributed by atoms with E-state index < -0.39 is 0 Å². The lowest BCUT2D eigenvalue weighted by Crippen LogP contribution is -2.14. The van der Waals surface area contributed by atoms with Crippen molar-refractivity contribution in [1.29, 1.82) is 0 Å². The summed E-state index contributed by atoms with van der Waals surface area (Å²) in [6.45, 7) is 0.902. The first-order chi connectivity index (χ1) is 12.8. The van der Waals surface area contributed by atoms with Gasteiger partial charge in [-0.2, -0.15) is 0 Å². The molecule has 2 heterocycles. The molecule has 5 rings (SSSR count). The number of halogens is 1. The van der Waals surface area contributed by atoms with Crippen LogP contribution < -0.4 is 4.90 Å². The van der Waals surface area contributed by atoms with Crippen molar-refractivity contribution < 1.29 is 4.39 Å². The van der Waals surface area contributed by atoms with Gasteiger partial charge in [-0.3, -0.25) is 0 Å². The molecule has 0 aliphatic carbocycles. The number of pyridine rings is 1. The van der Waals surface area contributed by atoms with Crippen molar-refractivity contribution >= 4 is 22.4 Å². The number of hydrogen-bond acceptors (Lipinski definition) is 2. The lowest BCUT2D eigenvalue weighted by atomic mass is 9.98. The van der Waals surface area contributed by atoms with E-state index in [0.29, 0.717) is 0 Å². The van der Waals surface area contributed by atoms with Crippen LogP contribution in [-0.2, 0) is 6.42 Å². The molecule has 0 saturated carbocycles. The van der Waals surface area contributed by atoms with E-state index in [1.54, 1.807) is 6.07 Å². The fraction of sp³-hybridized carbons (Fsp3) is 0.0870. The van der Waals surface area contributed by atoms with Gasteiger partial charge in [-0.1, -0.05) is 42.5 Å².